The van der Waals surface area contributed by atoms with Gasteiger partial charge in [-0.05, 0) is 25.0 Å². The zero-order chi connectivity index (χ0) is 13.0. The summed E-state index contributed by atoms with van der Waals surface area (Å²) >= 11 is 7.49. The predicted molar refractivity (Wildman–Crippen MR) is 74.2 cm³/mol. The van der Waals surface area contributed by atoms with Gasteiger partial charge in [0.1, 0.15) is 5.69 Å². The number of benzene rings is 1. The first-order valence-electron chi connectivity index (χ1n) is 5.59. The average molecular weight is 281 g/mol. The number of rotatable bonds is 4. The fourth-order valence-electron chi connectivity index (χ4n) is 1.67. The van der Waals surface area contributed by atoms with Crippen molar-refractivity contribution in [1.82, 2.24) is 10.3 Å². The van der Waals surface area contributed by atoms with Crippen LogP contribution >= 0.6 is 22.9 Å². The summed E-state index contributed by atoms with van der Waals surface area (Å²) in [4.78, 5) is 15.8. The number of aromatic nitrogens is 1. The van der Waals surface area contributed by atoms with Gasteiger partial charge in [-0.1, -0.05) is 29.8 Å². The van der Waals surface area contributed by atoms with Crippen LogP contribution in [0, 0.1) is 0 Å². The predicted octanol–water partition coefficient (Wildman–Crippen LogP) is 3.16. The van der Waals surface area contributed by atoms with E-state index in [2.05, 4.69) is 10.3 Å². The molecule has 18 heavy (non-hydrogen) atoms. The molecule has 0 spiro atoms. The van der Waals surface area contributed by atoms with Crippen LogP contribution in [0.3, 0.4) is 0 Å². The van der Waals surface area contributed by atoms with Crippen LogP contribution in [-0.4, -0.2) is 16.9 Å². The molecule has 0 saturated heterocycles. The molecule has 1 unspecified atom stereocenters. The lowest BCUT2D eigenvalue weighted by Gasteiger charge is -2.13. The first kappa shape index (κ1) is 13.1. The molecule has 0 aliphatic heterocycles. The Morgan fingerprint density at radius 2 is 2.28 bits per heavy atom. The molecule has 2 aromatic rings. The van der Waals surface area contributed by atoms with Crippen molar-refractivity contribution in [2.45, 2.75) is 19.4 Å². The van der Waals surface area contributed by atoms with Crippen LogP contribution in [0.25, 0.3) is 0 Å². The molecule has 1 aromatic heterocycles. The lowest BCUT2D eigenvalue weighted by molar-refractivity contribution is 0.0936. The van der Waals surface area contributed by atoms with E-state index < -0.39 is 0 Å². The third kappa shape index (κ3) is 3.31. The third-order valence-electron chi connectivity index (χ3n) is 2.53. The maximum absolute atomic E-state index is 11.8. The number of hydrogen-bond donors (Lipinski definition) is 1. The van der Waals surface area contributed by atoms with Crippen molar-refractivity contribution in [2.24, 2.45) is 0 Å². The summed E-state index contributed by atoms with van der Waals surface area (Å²) in [6, 6.07) is 7.67. The van der Waals surface area contributed by atoms with Gasteiger partial charge >= 0.3 is 0 Å². The van der Waals surface area contributed by atoms with E-state index >= 15 is 0 Å². The molecule has 94 valence electrons. The van der Waals surface area contributed by atoms with Gasteiger partial charge in [0.25, 0.3) is 5.91 Å². The second-order valence-corrected chi connectivity index (χ2v) is 5.17. The van der Waals surface area contributed by atoms with Gasteiger partial charge in [-0.25, -0.2) is 4.98 Å². The van der Waals surface area contributed by atoms with E-state index in [-0.39, 0.29) is 11.9 Å². The standard InChI is InChI=1S/C13H13ClN2OS/c1-9(6-10-4-2-3-5-11(10)14)16-13(17)12-7-18-8-15-12/h2-5,7-9H,6H2,1H3,(H,16,17). The van der Waals surface area contributed by atoms with Gasteiger partial charge in [0.15, 0.2) is 0 Å². The summed E-state index contributed by atoms with van der Waals surface area (Å²) in [5.74, 6) is -0.143. The van der Waals surface area contributed by atoms with E-state index in [4.69, 9.17) is 11.6 Å². The van der Waals surface area contributed by atoms with Gasteiger partial charge in [0, 0.05) is 16.4 Å². The normalized spacial score (nSPS) is 12.1. The number of amides is 1. The van der Waals surface area contributed by atoms with Crippen molar-refractivity contribution < 1.29 is 4.79 Å². The molecule has 5 heteroatoms. The number of halogens is 1. The second kappa shape index (κ2) is 5.98. The van der Waals surface area contributed by atoms with Crippen LogP contribution in [0.15, 0.2) is 35.2 Å². The van der Waals surface area contributed by atoms with Crippen LogP contribution in [0.2, 0.25) is 5.02 Å². The fourth-order valence-corrected chi connectivity index (χ4v) is 2.41. The van der Waals surface area contributed by atoms with E-state index in [1.165, 1.54) is 11.3 Å². The highest BCUT2D eigenvalue weighted by molar-refractivity contribution is 7.07. The maximum atomic E-state index is 11.8. The molecule has 1 aromatic carbocycles. The Morgan fingerprint density at radius 1 is 1.50 bits per heavy atom. The molecular weight excluding hydrogens is 268 g/mol. The minimum absolute atomic E-state index is 0.0131. The topological polar surface area (TPSA) is 42.0 Å². The zero-order valence-electron chi connectivity index (χ0n) is 9.89. The Morgan fingerprint density at radius 3 is 2.94 bits per heavy atom. The number of nitrogens with one attached hydrogen (secondary N) is 1. The Kier molecular flexibility index (Phi) is 4.33. The summed E-state index contributed by atoms with van der Waals surface area (Å²) in [6.07, 6.45) is 0.704. The van der Waals surface area contributed by atoms with E-state index in [0.717, 1.165) is 10.6 Å². The molecule has 0 fully saturated rings. The van der Waals surface area contributed by atoms with Gasteiger partial charge in [-0.2, -0.15) is 0 Å². The highest BCUT2D eigenvalue weighted by atomic mass is 35.5. The Hall–Kier alpha value is -1.39. The summed E-state index contributed by atoms with van der Waals surface area (Å²) in [5.41, 5.74) is 3.14. The van der Waals surface area contributed by atoms with Crippen molar-refractivity contribution in [3.05, 3.63) is 51.4 Å². The van der Waals surface area contributed by atoms with Crippen molar-refractivity contribution in [3.63, 3.8) is 0 Å². The molecule has 1 heterocycles. The molecule has 0 radical (unpaired) electrons. The molecular formula is C13H13ClN2OS. The SMILES string of the molecule is CC(Cc1ccccc1Cl)NC(=O)c1cscn1. The molecule has 1 amide bonds. The maximum Gasteiger partial charge on any atom is 0.270 e. The Balaban J connectivity index is 1.95. The third-order valence-corrected chi connectivity index (χ3v) is 3.48. The van der Waals surface area contributed by atoms with E-state index in [1.54, 1.807) is 10.9 Å². The molecule has 1 N–H and O–H groups in total. The molecule has 0 aliphatic carbocycles. The van der Waals surface area contributed by atoms with E-state index in [1.807, 2.05) is 31.2 Å². The largest absolute Gasteiger partial charge is 0.348 e. The summed E-state index contributed by atoms with van der Waals surface area (Å²) in [5, 5.41) is 5.37. The first-order chi connectivity index (χ1) is 8.66. The molecule has 3 nitrogen and oxygen atoms in total. The van der Waals surface area contributed by atoms with Crippen LogP contribution in [0.5, 0.6) is 0 Å². The molecule has 1 atom stereocenters. The van der Waals surface area contributed by atoms with E-state index in [0.29, 0.717) is 12.1 Å². The highest BCUT2D eigenvalue weighted by Crippen LogP contribution is 2.16. The van der Waals surface area contributed by atoms with Gasteiger partial charge in [-0.3, -0.25) is 4.79 Å². The zero-order valence-corrected chi connectivity index (χ0v) is 11.5. The first-order valence-corrected chi connectivity index (χ1v) is 6.91. The van der Waals surface area contributed by atoms with Gasteiger partial charge < -0.3 is 5.32 Å². The van der Waals surface area contributed by atoms with Crippen LogP contribution < -0.4 is 5.32 Å². The van der Waals surface area contributed by atoms with Crippen molar-refractivity contribution in [3.8, 4) is 0 Å². The number of nitrogens with zero attached hydrogens (tertiary/aromatic N) is 1. The summed E-state index contributed by atoms with van der Waals surface area (Å²) in [6.45, 7) is 1.95. The fraction of sp³-hybridized carbons (Fsp3) is 0.231. The lowest BCUT2D eigenvalue weighted by atomic mass is 10.1. The smallest absolute Gasteiger partial charge is 0.270 e. The Bertz CT molecular complexity index is 528. The minimum atomic E-state index is -0.143. The van der Waals surface area contributed by atoms with Gasteiger partial charge in [0.05, 0.1) is 5.51 Å². The summed E-state index contributed by atoms with van der Waals surface area (Å²) < 4.78 is 0. The lowest BCUT2D eigenvalue weighted by Crippen LogP contribution is -2.34. The quantitative estimate of drug-likeness (QED) is 0.935. The Labute approximate surface area is 115 Å². The molecule has 0 saturated carbocycles. The number of carbonyl (C=O) groups excluding carboxylic acids is 1. The average Bonchev–Trinajstić information content (AvgIpc) is 2.85. The number of carbonyl (C=O) groups is 1. The van der Waals surface area contributed by atoms with Crippen molar-refractivity contribution in [2.75, 3.05) is 0 Å². The van der Waals surface area contributed by atoms with Crippen LogP contribution in [-0.2, 0) is 6.42 Å². The highest BCUT2D eigenvalue weighted by Gasteiger charge is 2.12. The summed E-state index contributed by atoms with van der Waals surface area (Å²) in [7, 11) is 0. The van der Waals surface area contributed by atoms with Crippen molar-refractivity contribution >= 4 is 28.8 Å². The van der Waals surface area contributed by atoms with Crippen LogP contribution in [0.4, 0.5) is 0 Å². The van der Waals surface area contributed by atoms with Gasteiger partial charge in [0.2, 0.25) is 0 Å². The number of thiazole rings is 1. The molecule has 2 rings (SSSR count). The molecule has 0 aliphatic rings. The molecule has 0 bridgehead atoms. The number of hydrogen-bond acceptors (Lipinski definition) is 3. The van der Waals surface area contributed by atoms with Crippen LogP contribution in [0.1, 0.15) is 23.0 Å². The van der Waals surface area contributed by atoms with Crippen molar-refractivity contribution in [1.29, 1.82) is 0 Å². The van der Waals surface area contributed by atoms with Gasteiger partial charge in [-0.15, -0.1) is 11.3 Å². The minimum Gasteiger partial charge on any atom is -0.348 e. The van der Waals surface area contributed by atoms with E-state index in [9.17, 15) is 4.79 Å². The monoisotopic (exact) mass is 280 g/mol. The second-order valence-electron chi connectivity index (χ2n) is 4.04.